The minimum Gasteiger partial charge on any atom is -0.467 e. The maximum atomic E-state index is 13.6. The van der Waals surface area contributed by atoms with Crippen molar-refractivity contribution in [2.24, 2.45) is 0 Å². The van der Waals surface area contributed by atoms with Crippen LogP contribution in [0.5, 0.6) is 0 Å². The molecule has 4 heterocycles. The van der Waals surface area contributed by atoms with Gasteiger partial charge in [-0.2, -0.15) is 0 Å². The fourth-order valence-corrected chi connectivity index (χ4v) is 5.94. The molecule has 1 aromatic carbocycles. The molecule has 0 spiro atoms. The maximum absolute atomic E-state index is 13.6. The van der Waals surface area contributed by atoms with E-state index in [1.807, 2.05) is 4.57 Å². The van der Waals surface area contributed by atoms with Gasteiger partial charge in [-0.25, -0.2) is 9.37 Å². The third-order valence-corrected chi connectivity index (χ3v) is 7.89. The molecule has 1 fully saturated rings. The average molecular weight is 533 g/mol. The molecule has 182 valence electrons. The highest BCUT2D eigenvalue weighted by Crippen LogP contribution is 2.26. The number of halogens is 1. The lowest BCUT2D eigenvalue weighted by molar-refractivity contribution is -0.118. The van der Waals surface area contributed by atoms with Crippen LogP contribution in [0.4, 0.5) is 4.39 Å². The first-order chi connectivity index (χ1) is 17.0. The van der Waals surface area contributed by atoms with Crippen LogP contribution in [0.3, 0.4) is 0 Å². The molecule has 3 aromatic heterocycles. The smallest absolute Gasteiger partial charge is 0.278 e. The Morgan fingerprint density at radius 1 is 1.31 bits per heavy atom. The first-order valence-electron chi connectivity index (χ1n) is 11.0. The molecule has 5 rings (SSSR count). The van der Waals surface area contributed by atoms with Gasteiger partial charge in [0.15, 0.2) is 14.8 Å². The van der Waals surface area contributed by atoms with E-state index in [1.54, 1.807) is 12.1 Å². The highest BCUT2D eigenvalue weighted by molar-refractivity contribution is 7.99. The van der Waals surface area contributed by atoms with Crippen molar-refractivity contribution in [2.75, 3.05) is 12.4 Å². The molecule has 35 heavy (non-hydrogen) atoms. The summed E-state index contributed by atoms with van der Waals surface area (Å²) in [6, 6.07) is 9.09. The van der Waals surface area contributed by atoms with E-state index in [-0.39, 0.29) is 29.9 Å². The van der Waals surface area contributed by atoms with Crippen LogP contribution in [0.1, 0.15) is 18.6 Å². The summed E-state index contributed by atoms with van der Waals surface area (Å²) in [5.41, 5.74) is 0.605. The van der Waals surface area contributed by atoms with Gasteiger partial charge in [0.25, 0.3) is 5.56 Å². The number of carbonyl (C=O) groups excluding carboxylic acids is 1. The van der Waals surface area contributed by atoms with Gasteiger partial charge in [0.1, 0.15) is 16.3 Å². The zero-order valence-corrected chi connectivity index (χ0v) is 20.9. The van der Waals surface area contributed by atoms with Gasteiger partial charge in [-0.1, -0.05) is 23.1 Å². The number of ether oxygens (including phenoxy) is 1. The van der Waals surface area contributed by atoms with E-state index in [0.717, 1.165) is 24.6 Å². The van der Waals surface area contributed by atoms with Crippen molar-refractivity contribution in [3.8, 4) is 5.69 Å². The van der Waals surface area contributed by atoms with Gasteiger partial charge in [-0.05, 0) is 61.5 Å². The predicted octanol–water partition coefficient (Wildman–Crippen LogP) is 4.30. The van der Waals surface area contributed by atoms with E-state index in [9.17, 15) is 14.0 Å². The Balaban J connectivity index is 1.50. The molecular weight excluding hydrogens is 511 g/mol. The van der Waals surface area contributed by atoms with Crippen LogP contribution in [-0.4, -0.2) is 38.5 Å². The number of amides is 1. The lowest BCUT2D eigenvalue weighted by Crippen LogP contribution is -2.26. The number of hydrogen-bond donors (Lipinski definition) is 1. The standard InChI is InChI=1S/C23H21FN4O4S3/c24-14-5-7-15(8-6-14)28-21(30)19-20(27(23(33)35-19)12-17-4-2-10-32-17)26-22(28)34-13-18(29)25-11-16-3-1-9-31-16/h1,3,5-9,17H,2,4,10-13H2,(H,25,29)/t17-/m0/s1. The normalized spacial score (nSPS) is 15.6. The number of benzene rings is 1. The van der Waals surface area contributed by atoms with Gasteiger partial charge in [0, 0.05) is 6.61 Å². The Labute approximate surface area is 212 Å². The quantitative estimate of drug-likeness (QED) is 0.206. The first-order valence-corrected chi connectivity index (χ1v) is 13.2. The monoisotopic (exact) mass is 532 g/mol. The Morgan fingerprint density at radius 2 is 2.14 bits per heavy atom. The van der Waals surface area contributed by atoms with E-state index in [4.69, 9.17) is 26.4 Å². The number of nitrogens with zero attached hydrogens (tertiary/aromatic N) is 3. The molecular formula is C23H21FN4O4S3. The van der Waals surface area contributed by atoms with Crippen molar-refractivity contribution in [3.63, 3.8) is 0 Å². The number of hydrogen-bond acceptors (Lipinski definition) is 8. The van der Waals surface area contributed by atoms with Crippen LogP contribution in [0.2, 0.25) is 0 Å². The average Bonchev–Trinajstić information content (AvgIpc) is 3.61. The van der Waals surface area contributed by atoms with E-state index >= 15 is 0 Å². The zero-order chi connectivity index (χ0) is 24.4. The van der Waals surface area contributed by atoms with Crippen molar-refractivity contribution < 1.29 is 18.3 Å². The fraction of sp³-hybridized carbons (Fsp3) is 0.304. The lowest BCUT2D eigenvalue weighted by atomic mass is 10.2. The van der Waals surface area contributed by atoms with E-state index < -0.39 is 5.82 Å². The number of aromatic nitrogens is 3. The van der Waals surface area contributed by atoms with E-state index in [2.05, 4.69) is 5.32 Å². The predicted molar refractivity (Wildman–Crippen MR) is 134 cm³/mol. The Hall–Kier alpha value is -2.80. The van der Waals surface area contributed by atoms with E-state index in [0.29, 0.717) is 44.1 Å². The second-order valence-electron chi connectivity index (χ2n) is 7.92. The molecule has 1 N–H and O–H groups in total. The van der Waals surface area contributed by atoms with Crippen LogP contribution in [-0.2, 0) is 22.6 Å². The molecule has 0 aliphatic carbocycles. The summed E-state index contributed by atoms with van der Waals surface area (Å²) in [7, 11) is 0. The minimum absolute atomic E-state index is 0.0179. The van der Waals surface area contributed by atoms with Crippen LogP contribution in [0, 0.1) is 9.77 Å². The highest BCUT2D eigenvalue weighted by Gasteiger charge is 2.22. The summed E-state index contributed by atoms with van der Waals surface area (Å²) < 4.78 is 28.7. The summed E-state index contributed by atoms with van der Waals surface area (Å²) in [4.78, 5) is 30.8. The van der Waals surface area contributed by atoms with Gasteiger partial charge in [0.2, 0.25) is 5.91 Å². The van der Waals surface area contributed by atoms with Crippen molar-refractivity contribution in [1.82, 2.24) is 19.4 Å². The summed E-state index contributed by atoms with van der Waals surface area (Å²) in [5.74, 6) is 0.00219. The fourth-order valence-electron chi connectivity index (χ4n) is 3.82. The Kier molecular flexibility index (Phi) is 7.14. The first kappa shape index (κ1) is 23.9. The zero-order valence-electron chi connectivity index (χ0n) is 18.4. The molecule has 0 saturated carbocycles. The molecule has 0 radical (unpaired) electrons. The number of carbonyl (C=O) groups is 1. The highest BCUT2D eigenvalue weighted by atomic mass is 32.2. The topological polar surface area (TPSA) is 91.3 Å². The van der Waals surface area contributed by atoms with Gasteiger partial charge >= 0.3 is 0 Å². The molecule has 1 aliphatic rings. The van der Waals surface area contributed by atoms with Crippen molar-refractivity contribution in [2.45, 2.75) is 37.2 Å². The molecule has 1 atom stereocenters. The van der Waals surface area contributed by atoms with Gasteiger partial charge in [0.05, 0.1) is 36.9 Å². The SMILES string of the molecule is O=C(CSc1nc2c(sc(=S)n2C[C@@H]2CCCO2)c(=O)n1-c1ccc(F)cc1)NCc1ccco1. The maximum Gasteiger partial charge on any atom is 0.278 e. The molecule has 1 saturated heterocycles. The molecule has 12 heteroatoms. The second kappa shape index (κ2) is 10.4. The van der Waals surface area contributed by atoms with Crippen LogP contribution < -0.4 is 10.9 Å². The number of nitrogens with one attached hydrogen (secondary N) is 1. The van der Waals surface area contributed by atoms with Gasteiger partial charge in [-0.15, -0.1) is 0 Å². The Bertz CT molecular complexity index is 1460. The van der Waals surface area contributed by atoms with Crippen molar-refractivity contribution in [1.29, 1.82) is 0 Å². The third-order valence-electron chi connectivity index (χ3n) is 5.53. The largest absolute Gasteiger partial charge is 0.467 e. The number of thiazole rings is 1. The van der Waals surface area contributed by atoms with Gasteiger partial charge < -0.3 is 19.0 Å². The second-order valence-corrected chi connectivity index (χ2v) is 10.5. The minimum atomic E-state index is -0.416. The van der Waals surface area contributed by atoms with Crippen LogP contribution in [0.15, 0.2) is 57.0 Å². The molecule has 0 unspecified atom stereocenters. The van der Waals surface area contributed by atoms with Crippen LogP contribution >= 0.6 is 35.3 Å². The molecule has 0 bridgehead atoms. The van der Waals surface area contributed by atoms with Crippen LogP contribution in [0.25, 0.3) is 16.0 Å². The van der Waals surface area contributed by atoms with Gasteiger partial charge in [-0.3, -0.25) is 14.2 Å². The number of rotatable bonds is 8. The van der Waals surface area contributed by atoms with E-state index in [1.165, 1.54) is 46.4 Å². The summed E-state index contributed by atoms with van der Waals surface area (Å²) in [6.45, 7) is 1.48. The number of fused-ring (bicyclic) bond motifs is 1. The molecule has 8 nitrogen and oxygen atoms in total. The third kappa shape index (κ3) is 5.25. The Morgan fingerprint density at radius 3 is 2.86 bits per heavy atom. The molecule has 1 amide bonds. The van der Waals surface area contributed by atoms with Crippen molar-refractivity contribution in [3.05, 3.63) is 68.5 Å². The summed E-state index contributed by atoms with van der Waals surface area (Å²) in [6.07, 6.45) is 3.46. The number of furan rings is 1. The number of thioether (sulfide) groups is 1. The lowest BCUT2D eigenvalue weighted by Gasteiger charge is -2.14. The molecule has 4 aromatic rings. The van der Waals surface area contributed by atoms with Crippen molar-refractivity contribution >= 4 is 51.6 Å². The molecule has 1 aliphatic heterocycles. The summed E-state index contributed by atoms with van der Waals surface area (Å²) in [5, 5.41) is 3.10. The summed E-state index contributed by atoms with van der Waals surface area (Å²) >= 11 is 7.87.